The smallest absolute Gasteiger partial charge is 0.0716 e. The van der Waals surface area contributed by atoms with Crippen molar-refractivity contribution in [3.05, 3.63) is 0 Å². The zero-order valence-electron chi connectivity index (χ0n) is 8.87. The van der Waals surface area contributed by atoms with Crippen LogP contribution in [0, 0.1) is 11.8 Å². The highest BCUT2D eigenvalue weighted by molar-refractivity contribution is 4.81. The molecule has 0 amide bonds. The predicted molar refractivity (Wildman–Crippen MR) is 55.4 cm³/mol. The molecular formula is C11H23NO. The number of hydrogen-bond donors (Lipinski definition) is 2. The molecule has 0 bridgehead atoms. The summed E-state index contributed by atoms with van der Waals surface area (Å²) in [5, 5.41) is 9.84. The van der Waals surface area contributed by atoms with Gasteiger partial charge in [-0.15, -0.1) is 0 Å². The van der Waals surface area contributed by atoms with Crippen molar-refractivity contribution in [1.82, 2.24) is 0 Å². The first-order valence-corrected chi connectivity index (χ1v) is 5.58. The van der Waals surface area contributed by atoms with Crippen molar-refractivity contribution in [3.8, 4) is 0 Å². The molecule has 1 rings (SSSR count). The van der Waals surface area contributed by atoms with E-state index in [1.54, 1.807) is 0 Å². The van der Waals surface area contributed by atoms with Crippen LogP contribution in [0.1, 0.15) is 46.0 Å². The lowest BCUT2D eigenvalue weighted by Crippen LogP contribution is -2.39. The summed E-state index contributed by atoms with van der Waals surface area (Å²) in [4.78, 5) is 0. The van der Waals surface area contributed by atoms with Crippen LogP contribution in [0.4, 0.5) is 0 Å². The molecule has 1 saturated carbocycles. The Labute approximate surface area is 81.5 Å². The van der Waals surface area contributed by atoms with E-state index in [1.807, 2.05) is 6.92 Å². The number of aliphatic hydroxyl groups is 1. The standard InChI is InChI=1S/C11H23NO/c1-3-9-5-4-6-10(7-9)11(13)8(2)12/h8-11,13H,3-7,12H2,1-2H3/t8-,9?,10?,11?/m1/s1. The van der Waals surface area contributed by atoms with Gasteiger partial charge in [0.2, 0.25) is 0 Å². The van der Waals surface area contributed by atoms with Crippen molar-refractivity contribution in [2.45, 2.75) is 58.1 Å². The van der Waals surface area contributed by atoms with Crippen LogP contribution >= 0.6 is 0 Å². The Bertz CT molecular complexity index is 147. The lowest BCUT2D eigenvalue weighted by atomic mass is 9.76. The Hall–Kier alpha value is -0.0800. The van der Waals surface area contributed by atoms with E-state index in [-0.39, 0.29) is 12.1 Å². The Morgan fingerprint density at radius 1 is 1.46 bits per heavy atom. The molecule has 4 atom stereocenters. The molecule has 0 heterocycles. The summed E-state index contributed by atoms with van der Waals surface area (Å²) >= 11 is 0. The third-order valence-electron chi connectivity index (χ3n) is 3.42. The molecule has 1 aliphatic rings. The van der Waals surface area contributed by atoms with Gasteiger partial charge in [0, 0.05) is 6.04 Å². The van der Waals surface area contributed by atoms with Crippen LogP contribution in [0.5, 0.6) is 0 Å². The molecule has 2 nitrogen and oxygen atoms in total. The van der Waals surface area contributed by atoms with Gasteiger partial charge in [0.15, 0.2) is 0 Å². The monoisotopic (exact) mass is 185 g/mol. The number of nitrogens with two attached hydrogens (primary N) is 1. The van der Waals surface area contributed by atoms with Crippen molar-refractivity contribution in [3.63, 3.8) is 0 Å². The zero-order chi connectivity index (χ0) is 9.84. The third-order valence-corrected chi connectivity index (χ3v) is 3.42. The van der Waals surface area contributed by atoms with Gasteiger partial charge in [-0.05, 0) is 31.6 Å². The Morgan fingerprint density at radius 2 is 2.15 bits per heavy atom. The van der Waals surface area contributed by atoms with Crippen LogP contribution in [0.15, 0.2) is 0 Å². The summed E-state index contributed by atoms with van der Waals surface area (Å²) < 4.78 is 0. The topological polar surface area (TPSA) is 46.2 Å². The Balaban J connectivity index is 2.41. The van der Waals surface area contributed by atoms with Crippen LogP contribution in [0.3, 0.4) is 0 Å². The molecule has 3 unspecified atom stereocenters. The van der Waals surface area contributed by atoms with Crippen LogP contribution in [-0.2, 0) is 0 Å². The van der Waals surface area contributed by atoms with Gasteiger partial charge in [-0.2, -0.15) is 0 Å². The molecule has 0 saturated heterocycles. The highest BCUT2D eigenvalue weighted by Crippen LogP contribution is 2.33. The summed E-state index contributed by atoms with van der Waals surface area (Å²) in [6, 6.07) is -0.0689. The van der Waals surface area contributed by atoms with E-state index in [9.17, 15) is 5.11 Å². The molecule has 1 aliphatic carbocycles. The largest absolute Gasteiger partial charge is 0.391 e. The number of hydrogen-bond acceptors (Lipinski definition) is 2. The molecule has 0 aromatic rings. The average Bonchev–Trinajstić information content (AvgIpc) is 2.16. The zero-order valence-corrected chi connectivity index (χ0v) is 8.87. The Kier molecular flexibility index (Phi) is 4.20. The SMILES string of the molecule is CCC1CCCC(C(O)[C@@H](C)N)C1. The first-order chi connectivity index (χ1) is 6.15. The molecule has 0 aliphatic heterocycles. The quantitative estimate of drug-likeness (QED) is 0.705. The van der Waals surface area contributed by atoms with Crippen molar-refractivity contribution < 1.29 is 5.11 Å². The number of aliphatic hydroxyl groups excluding tert-OH is 1. The van der Waals surface area contributed by atoms with Gasteiger partial charge in [0.05, 0.1) is 6.10 Å². The highest BCUT2D eigenvalue weighted by atomic mass is 16.3. The van der Waals surface area contributed by atoms with E-state index in [2.05, 4.69) is 6.92 Å². The van der Waals surface area contributed by atoms with Gasteiger partial charge in [0.25, 0.3) is 0 Å². The van der Waals surface area contributed by atoms with E-state index in [0.717, 1.165) is 5.92 Å². The predicted octanol–water partition coefficient (Wildman–Crippen LogP) is 1.91. The molecule has 1 fully saturated rings. The fourth-order valence-corrected chi connectivity index (χ4v) is 2.44. The normalized spacial score (nSPS) is 34.2. The summed E-state index contributed by atoms with van der Waals surface area (Å²) in [5.41, 5.74) is 5.70. The van der Waals surface area contributed by atoms with E-state index < -0.39 is 0 Å². The molecule has 0 aromatic heterocycles. The first-order valence-electron chi connectivity index (χ1n) is 5.58. The minimum atomic E-state index is -0.283. The number of rotatable bonds is 3. The minimum Gasteiger partial charge on any atom is -0.391 e. The molecule has 0 radical (unpaired) electrons. The van der Waals surface area contributed by atoms with E-state index in [4.69, 9.17) is 5.73 Å². The average molecular weight is 185 g/mol. The molecular weight excluding hydrogens is 162 g/mol. The third kappa shape index (κ3) is 2.96. The fraction of sp³-hybridized carbons (Fsp3) is 1.00. The van der Waals surface area contributed by atoms with Crippen LogP contribution < -0.4 is 5.73 Å². The second-order valence-electron chi connectivity index (χ2n) is 4.55. The Morgan fingerprint density at radius 3 is 2.69 bits per heavy atom. The minimum absolute atomic E-state index is 0.0689. The van der Waals surface area contributed by atoms with Gasteiger partial charge in [-0.3, -0.25) is 0 Å². The maximum absolute atomic E-state index is 9.84. The summed E-state index contributed by atoms with van der Waals surface area (Å²) in [6.07, 6.45) is 5.93. The second kappa shape index (κ2) is 4.97. The van der Waals surface area contributed by atoms with Crippen LogP contribution in [0.25, 0.3) is 0 Å². The summed E-state index contributed by atoms with van der Waals surface area (Å²) in [5.74, 6) is 1.28. The molecule has 78 valence electrons. The van der Waals surface area contributed by atoms with Gasteiger partial charge < -0.3 is 10.8 Å². The molecule has 0 aromatic carbocycles. The maximum atomic E-state index is 9.84. The van der Waals surface area contributed by atoms with E-state index in [1.165, 1.54) is 32.1 Å². The van der Waals surface area contributed by atoms with Crippen molar-refractivity contribution in [1.29, 1.82) is 0 Å². The summed E-state index contributed by atoms with van der Waals surface area (Å²) in [7, 11) is 0. The van der Waals surface area contributed by atoms with Gasteiger partial charge in [0.1, 0.15) is 0 Å². The van der Waals surface area contributed by atoms with Gasteiger partial charge in [-0.1, -0.05) is 26.2 Å². The molecule has 2 heteroatoms. The van der Waals surface area contributed by atoms with Crippen molar-refractivity contribution >= 4 is 0 Å². The van der Waals surface area contributed by atoms with Crippen LogP contribution in [-0.4, -0.2) is 17.3 Å². The second-order valence-corrected chi connectivity index (χ2v) is 4.55. The molecule has 3 N–H and O–H groups in total. The van der Waals surface area contributed by atoms with Crippen molar-refractivity contribution in [2.24, 2.45) is 17.6 Å². The lowest BCUT2D eigenvalue weighted by Gasteiger charge is -2.33. The van der Waals surface area contributed by atoms with Gasteiger partial charge in [-0.25, -0.2) is 0 Å². The van der Waals surface area contributed by atoms with Gasteiger partial charge >= 0.3 is 0 Å². The summed E-state index contributed by atoms with van der Waals surface area (Å²) in [6.45, 7) is 4.14. The van der Waals surface area contributed by atoms with Crippen LogP contribution in [0.2, 0.25) is 0 Å². The maximum Gasteiger partial charge on any atom is 0.0716 e. The lowest BCUT2D eigenvalue weighted by molar-refractivity contribution is 0.0524. The fourth-order valence-electron chi connectivity index (χ4n) is 2.44. The van der Waals surface area contributed by atoms with E-state index in [0.29, 0.717) is 5.92 Å². The van der Waals surface area contributed by atoms with E-state index >= 15 is 0 Å². The molecule has 0 spiro atoms. The molecule has 13 heavy (non-hydrogen) atoms. The van der Waals surface area contributed by atoms with Crippen molar-refractivity contribution in [2.75, 3.05) is 0 Å². The highest BCUT2D eigenvalue weighted by Gasteiger charge is 2.28. The first kappa shape index (κ1) is 11.0.